The van der Waals surface area contributed by atoms with Gasteiger partial charge in [-0.25, -0.2) is 4.39 Å². The molecule has 1 aromatic carbocycles. The standard InChI is InChI=1S/C11H14FNO3/c12-9-3-1-8(2-4-9)5-11(16)13-6-10(15)7-14/h1-4,10,14-15H,5-7H2,(H,13,16). The van der Waals surface area contributed by atoms with Gasteiger partial charge in [-0.05, 0) is 17.7 Å². The monoisotopic (exact) mass is 227 g/mol. The molecule has 0 aliphatic heterocycles. The second-order valence-electron chi connectivity index (χ2n) is 3.44. The minimum atomic E-state index is -0.947. The highest BCUT2D eigenvalue weighted by molar-refractivity contribution is 5.78. The molecule has 16 heavy (non-hydrogen) atoms. The first kappa shape index (κ1) is 12.6. The van der Waals surface area contributed by atoms with Crippen molar-refractivity contribution in [3.8, 4) is 0 Å². The summed E-state index contributed by atoms with van der Waals surface area (Å²) in [4.78, 5) is 11.3. The third kappa shape index (κ3) is 4.37. The third-order valence-corrected chi connectivity index (χ3v) is 2.02. The number of halogens is 1. The van der Waals surface area contributed by atoms with E-state index in [0.29, 0.717) is 5.56 Å². The highest BCUT2D eigenvalue weighted by Crippen LogP contribution is 2.03. The van der Waals surface area contributed by atoms with Crippen molar-refractivity contribution in [3.63, 3.8) is 0 Å². The van der Waals surface area contributed by atoms with E-state index in [-0.39, 0.29) is 24.7 Å². The molecular weight excluding hydrogens is 213 g/mol. The Kier molecular flexibility index (Phi) is 4.88. The van der Waals surface area contributed by atoms with Crippen LogP contribution in [0, 0.1) is 5.82 Å². The molecule has 1 unspecified atom stereocenters. The van der Waals surface area contributed by atoms with Crippen LogP contribution in [0.5, 0.6) is 0 Å². The van der Waals surface area contributed by atoms with Crippen molar-refractivity contribution < 1.29 is 19.4 Å². The number of hydrogen-bond donors (Lipinski definition) is 3. The van der Waals surface area contributed by atoms with E-state index in [2.05, 4.69) is 5.32 Å². The van der Waals surface area contributed by atoms with Crippen LogP contribution in [-0.2, 0) is 11.2 Å². The van der Waals surface area contributed by atoms with Crippen LogP contribution >= 0.6 is 0 Å². The molecule has 0 aliphatic carbocycles. The summed E-state index contributed by atoms with van der Waals surface area (Å²) in [5, 5.41) is 20.0. The lowest BCUT2D eigenvalue weighted by Gasteiger charge is -2.08. The van der Waals surface area contributed by atoms with E-state index < -0.39 is 12.7 Å². The van der Waals surface area contributed by atoms with Crippen LogP contribution in [0.3, 0.4) is 0 Å². The van der Waals surface area contributed by atoms with Gasteiger partial charge in [0.2, 0.25) is 5.91 Å². The Morgan fingerprint density at radius 1 is 1.38 bits per heavy atom. The summed E-state index contributed by atoms with van der Waals surface area (Å²) in [5.41, 5.74) is 0.692. The molecule has 1 aromatic rings. The molecule has 1 rings (SSSR count). The number of aliphatic hydroxyl groups is 2. The van der Waals surface area contributed by atoms with Crippen molar-refractivity contribution in [3.05, 3.63) is 35.6 Å². The van der Waals surface area contributed by atoms with E-state index in [0.717, 1.165) is 0 Å². The second-order valence-corrected chi connectivity index (χ2v) is 3.44. The van der Waals surface area contributed by atoms with Crippen LogP contribution in [0.2, 0.25) is 0 Å². The summed E-state index contributed by atoms with van der Waals surface area (Å²) < 4.78 is 12.6. The fraction of sp³-hybridized carbons (Fsp3) is 0.364. The summed E-state index contributed by atoms with van der Waals surface area (Å²) in [7, 11) is 0. The first-order chi connectivity index (χ1) is 7.61. The van der Waals surface area contributed by atoms with Gasteiger partial charge in [-0.3, -0.25) is 4.79 Å². The van der Waals surface area contributed by atoms with Gasteiger partial charge < -0.3 is 15.5 Å². The number of carbonyl (C=O) groups is 1. The SMILES string of the molecule is O=C(Cc1ccc(F)cc1)NCC(O)CO. The first-order valence-corrected chi connectivity index (χ1v) is 4.92. The van der Waals surface area contributed by atoms with Crippen molar-refractivity contribution >= 4 is 5.91 Å². The van der Waals surface area contributed by atoms with Crippen LogP contribution in [0.4, 0.5) is 4.39 Å². The van der Waals surface area contributed by atoms with Gasteiger partial charge >= 0.3 is 0 Å². The van der Waals surface area contributed by atoms with Gasteiger partial charge in [0.15, 0.2) is 0 Å². The van der Waals surface area contributed by atoms with E-state index in [1.54, 1.807) is 0 Å². The van der Waals surface area contributed by atoms with Crippen molar-refractivity contribution in [2.45, 2.75) is 12.5 Å². The lowest BCUT2D eigenvalue weighted by Crippen LogP contribution is -2.34. The molecule has 5 heteroatoms. The highest BCUT2D eigenvalue weighted by Gasteiger charge is 2.06. The Labute approximate surface area is 92.7 Å². The Hall–Kier alpha value is -1.46. The second kappa shape index (κ2) is 6.19. The van der Waals surface area contributed by atoms with E-state index in [4.69, 9.17) is 10.2 Å². The number of aliphatic hydroxyl groups excluding tert-OH is 2. The molecule has 1 atom stereocenters. The summed E-state index contributed by atoms with van der Waals surface area (Å²) in [5.74, 6) is -0.626. The number of nitrogens with one attached hydrogen (secondary N) is 1. The predicted octanol–water partition coefficient (Wildman–Crippen LogP) is -0.162. The van der Waals surface area contributed by atoms with E-state index in [9.17, 15) is 9.18 Å². The third-order valence-electron chi connectivity index (χ3n) is 2.02. The van der Waals surface area contributed by atoms with Crippen molar-refractivity contribution in [1.29, 1.82) is 0 Å². The molecule has 0 fully saturated rings. The van der Waals surface area contributed by atoms with Crippen LogP contribution < -0.4 is 5.32 Å². The molecule has 3 N–H and O–H groups in total. The average molecular weight is 227 g/mol. The number of hydrogen-bond acceptors (Lipinski definition) is 3. The maximum Gasteiger partial charge on any atom is 0.224 e. The minimum Gasteiger partial charge on any atom is -0.394 e. The Balaban J connectivity index is 2.37. The maximum atomic E-state index is 12.6. The summed E-state index contributed by atoms with van der Waals surface area (Å²) in [6, 6.07) is 5.62. The van der Waals surface area contributed by atoms with Gasteiger partial charge in [-0.15, -0.1) is 0 Å². The van der Waals surface area contributed by atoms with Gasteiger partial charge in [0.1, 0.15) is 5.82 Å². The molecule has 0 saturated carbocycles. The fourth-order valence-corrected chi connectivity index (χ4v) is 1.15. The Bertz CT molecular complexity index is 340. The maximum absolute atomic E-state index is 12.6. The van der Waals surface area contributed by atoms with Crippen molar-refractivity contribution in [1.82, 2.24) is 5.32 Å². The van der Waals surface area contributed by atoms with Crippen molar-refractivity contribution in [2.75, 3.05) is 13.2 Å². The van der Waals surface area contributed by atoms with Gasteiger partial charge in [0, 0.05) is 6.54 Å². The molecule has 0 saturated heterocycles. The Morgan fingerprint density at radius 2 is 2.00 bits per heavy atom. The summed E-state index contributed by atoms with van der Waals surface area (Å²) in [6.07, 6.45) is -0.824. The topological polar surface area (TPSA) is 69.6 Å². The van der Waals surface area contributed by atoms with Crippen LogP contribution in [0.15, 0.2) is 24.3 Å². The summed E-state index contributed by atoms with van der Waals surface area (Å²) in [6.45, 7) is -0.382. The highest BCUT2D eigenvalue weighted by atomic mass is 19.1. The zero-order valence-corrected chi connectivity index (χ0v) is 8.69. The predicted molar refractivity (Wildman–Crippen MR) is 56.2 cm³/mol. The molecule has 0 radical (unpaired) electrons. The smallest absolute Gasteiger partial charge is 0.224 e. The molecule has 88 valence electrons. The first-order valence-electron chi connectivity index (χ1n) is 4.92. The largest absolute Gasteiger partial charge is 0.394 e. The minimum absolute atomic E-state index is 0.0104. The van der Waals surface area contributed by atoms with Crippen LogP contribution in [-0.4, -0.2) is 35.4 Å². The molecule has 0 aliphatic rings. The summed E-state index contributed by atoms with van der Waals surface area (Å²) >= 11 is 0. The number of amides is 1. The van der Waals surface area contributed by atoms with Gasteiger partial charge in [0.25, 0.3) is 0 Å². The Morgan fingerprint density at radius 3 is 2.56 bits per heavy atom. The number of benzene rings is 1. The van der Waals surface area contributed by atoms with Crippen LogP contribution in [0.1, 0.15) is 5.56 Å². The quantitative estimate of drug-likeness (QED) is 0.654. The molecular formula is C11H14FNO3. The zero-order chi connectivity index (χ0) is 12.0. The molecule has 0 bridgehead atoms. The molecule has 0 spiro atoms. The lowest BCUT2D eigenvalue weighted by molar-refractivity contribution is -0.121. The lowest BCUT2D eigenvalue weighted by atomic mass is 10.1. The van der Waals surface area contributed by atoms with Gasteiger partial charge in [0.05, 0.1) is 19.1 Å². The molecule has 0 heterocycles. The van der Waals surface area contributed by atoms with E-state index in [1.165, 1.54) is 24.3 Å². The van der Waals surface area contributed by atoms with Gasteiger partial charge in [-0.1, -0.05) is 12.1 Å². The van der Waals surface area contributed by atoms with E-state index in [1.807, 2.05) is 0 Å². The van der Waals surface area contributed by atoms with E-state index >= 15 is 0 Å². The van der Waals surface area contributed by atoms with Gasteiger partial charge in [-0.2, -0.15) is 0 Å². The van der Waals surface area contributed by atoms with Crippen LogP contribution in [0.25, 0.3) is 0 Å². The zero-order valence-electron chi connectivity index (χ0n) is 8.69. The molecule has 4 nitrogen and oxygen atoms in total. The average Bonchev–Trinajstić information content (AvgIpc) is 2.29. The fourth-order valence-electron chi connectivity index (χ4n) is 1.15. The molecule has 1 amide bonds. The van der Waals surface area contributed by atoms with Crippen molar-refractivity contribution in [2.24, 2.45) is 0 Å². The number of rotatable bonds is 5. The normalized spacial score (nSPS) is 12.2. The molecule has 0 aromatic heterocycles. The number of carbonyl (C=O) groups excluding carboxylic acids is 1.